The summed E-state index contributed by atoms with van der Waals surface area (Å²) in [7, 11) is -2.96. The van der Waals surface area contributed by atoms with Crippen molar-refractivity contribution in [2.75, 3.05) is 44.0 Å². The third-order valence-electron chi connectivity index (χ3n) is 7.04. The number of anilines is 3. The second kappa shape index (κ2) is 14.1. The number of carbonyl (C=O) groups is 1. The number of nitrogens with one attached hydrogen (secondary N) is 3. The van der Waals surface area contributed by atoms with E-state index in [2.05, 4.69) is 35.7 Å². The summed E-state index contributed by atoms with van der Waals surface area (Å²) < 4.78 is 40.8. The molecule has 2 aromatic heterocycles. The summed E-state index contributed by atoms with van der Waals surface area (Å²) in [6.07, 6.45) is 3.86. The Morgan fingerprint density at radius 1 is 1.20 bits per heavy atom. The SMILES string of the molecule is COc1cc2c(Nc3cc(CC(=O)Nc4cccc(F)c4)[nH]n3)ncnc2cc1OCCCN1CCC[C@H]1COP(=O)(O)O. The molecule has 14 nitrogen and oxygen atoms in total. The third-order valence-corrected chi connectivity index (χ3v) is 7.52. The number of phosphoric ester groups is 1. The topological polar surface area (TPSA) is 184 Å². The number of rotatable bonds is 14. The number of halogens is 1. The molecular formula is C28H33FN7O7P. The number of aromatic amines is 1. The van der Waals surface area contributed by atoms with Crippen LogP contribution in [0.25, 0.3) is 10.9 Å². The molecule has 234 valence electrons. The molecule has 0 unspecified atom stereocenters. The normalized spacial score (nSPS) is 15.4. The zero-order chi connectivity index (χ0) is 31.1. The van der Waals surface area contributed by atoms with Gasteiger partial charge in [-0.25, -0.2) is 18.9 Å². The first-order valence-electron chi connectivity index (χ1n) is 13.9. The van der Waals surface area contributed by atoms with Gasteiger partial charge in [0.05, 0.1) is 32.3 Å². The van der Waals surface area contributed by atoms with Crippen molar-refractivity contribution in [2.45, 2.75) is 31.7 Å². The van der Waals surface area contributed by atoms with Gasteiger partial charge >= 0.3 is 7.82 Å². The number of fused-ring (bicyclic) bond motifs is 1. The maximum absolute atomic E-state index is 13.4. The maximum atomic E-state index is 13.4. The van der Waals surface area contributed by atoms with Crippen LogP contribution in [-0.2, 0) is 20.3 Å². The van der Waals surface area contributed by atoms with Gasteiger partial charge in [-0.2, -0.15) is 5.10 Å². The van der Waals surface area contributed by atoms with Gasteiger partial charge < -0.3 is 29.9 Å². The van der Waals surface area contributed by atoms with Crippen LogP contribution in [0.4, 0.5) is 21.7 Å². The predicted octanol–water partition coefficient (Wildman–Crippen LogP) is 3.77. The minimum Gasteiger partial charge on any atom is -0.493 e. The lowest BCUT2D eigenvalue weighted by atomic mass is 10.2. The fraction of sp³-hybridized carbons (Fsp3) is 0.357. The second-order valence-electron chi connectivity index (χ2n) is 10.2. The molecule has 1 atom stereocenters. The highest BCUT2D eigenvalue weighted by molar-refractivity contribution is 7.46. The van der Waals surface area contributed by atoms with E-state index in [0.29, 0.717) is 65.0 Å². The standard InChI is InChI=1S/C28H33FN7O7P/c1-41-24-14-22-23(15-25(24)42-10-4-9-36-8-3-7-21(36)16-43-44(38,39)40)30-17-31-28(22)33-26-12-20(34-35-26)13-27(37)32-19-6-2-5-18(29)11-19/h2,5-6,11-12,14-15,17,21H,3-4,7-10,13,16H2,1H3,(H,32,37)(H2,38,39,40)(H2,30,31,33,34,35)/t21-/m0/s1. The van der Waals surface area contributed by atoms with Crippen LogP contribution < -0.4 is 20.1 Å². The number of hydrogen-bond donors (Lipinski definition) is 5. The molecule has 1 fully saturated rings. The summed E-state index contributed by atoms with van der Waals surface area (Å²) in [4.78, 5) is 41.3. The molecule has 5 rings (SSSR count). The van der Waals surface area contributed by atoms with Gasteiger partial charge in [0.1, 0.15) is 18.0 Å². The summed E-state index contributed by atoms with van der Waals surface area (Å²) in [5.74, 6) is 1.14. The number of H-pyrrole nitrogens is 1. The molecule has 0 bridgehead atoms. The number of nitrogens with zero attached hydrogens (tertiary/aromatic N) is 4. The molecule has 4 aromatic rings. The first-order valence-corrected chi connectivity index (χ1v) is 15.5. The van der Waals surface area contributed by atoms with Crippen molar-refractivity contribution in [3.8, 4) is 11.5 Å². The molecule has 1 aliphatic rings. The molecule has 16 heteroatoms. The van der Waals surface area contributed by atoms with Crippen LogP contribution in [0.2, 0.25) is 0 Å². The van der Waals surface area contributed by atoms with E-state index < -0.39 is 13.6 Å². The van der Waals surface area contributed by atoms with E-state index in [9.17, 15) is 13.8 Å². The molecule has 1 saturated heterocycles. The number of aromatic nitrogens is 4. The van der Waals surface area contributed by atoms with Crippen LogP contribution in [0.1, 0.15) is 25.0 Å². The van der Waals surface area contributed by atoms with Crippen LogP contribution in [0, 0.1) is 5.82 Å². The molecule has 0 radical (unpaired) electrons. The quantitative estimate of drug-likeness (QED) is 0.101. The van der Waals surface area contributed by atoms with E-state index >= 15 is 0 Å². The van der Waals surface area contributed by atoms with Gasteiger partial charge in [-0.15, -0.1) is 0 Å². The number of methoxy groups -OCH3 is 1. The lowest BCUT2D eigenvalue weighted by Crippen LogP contribution is -2.34. The number of ether oxygens (including phenoxy) is 2. The minimum absolute atomic E-state index is 0.00380. The number of amides is 1. The van der Waals surface area contributed by atoms with Crippen molar-refractivity contribution >= 4 is 42.0 Å². The highest BCUT2D eigenvalue weighted by Gasteiger charge is 2.27. The molecule has 3 heterocycles. The summed E-state index contributed by atoms with van der Waals surface area (Å²) >= 11 is 0. The first-order chi connectivity index (χ1) is 21.2. The number of phosphoric acid groups is 1. The predicted molar refractivity (Wildman–Crippen MR) is 159 cm³/mol. The molecule has 1 aliphatic heterocycles. The molecule has 44 heavy (non-hydrogen) atoms. The Balaban J connectivity index is 1.18. The smallest absolute Gasteiger partial charge is 0.469 e. The van der Waals surface area contributed by atoms with E-state index in [1.807, 2.05) is 0 Å². The van der Waals surface area contributed by atoms with E-state index in [0.717, 1.165) is 19.4 Å². The largest absolute Gasteiger partial charge is 0.493 e. The van der Waals surface area contributed by atoms with Gasteiger partial charge in [0.15, 0.2) is 17.3 Å². The molecule has 0 aliphatic carbocycles. The molecule has 0 spiro atoms. The third kappa shape index (κ3) is 8.49. The van der Waals surface area contributed by atoms with Crippen molar-refractivity contribution < 1.29 is 37.5 Å². The van der Waals surface area contributed by atoms with Gasteiger partial charge in [-0.05, 0) is 50.1 Å². The molecule has 2 aromatic carbocycles. The molecule has 0 saturated carbocycles. The Labute approximate surface area is 252 Å². The van der Waals surface area contributed by atoms with Crippen LogP contribution in [-0.4, -0.2) is 80.2 Å². The lowest BCUT2D eigenvalue weighted by molar-refractivity contribution is -0.115. The number of hydrogen-bond acceptors (Lipinski definition) is 10. The highest BCUT2D eigenvalue weighted by atomic mass is 31.2. The van der Waals surface area contributed by atoms with Crippen molar-refractivity contribution in [2.24, 2.45) is 0 Å². The number of benzene rings is 2. The average molecular weight is 630 g/mol. The Hall–Kier alpha value is -4.14. The first kappa shape index (κ1) is 31.3. The van der Waals surface area contributed by atoms with Crippen LogP contribution >= 0.6 is 7.82 Å². The minimum atomic E-state index is -4.50. The summed E-state index contributed by atoms with van der Waals surface area (Å²) in [6, 6.07) is 10.8. The Kier molecular flexibility index (Phi) is 10.0. The Morgan fingerprint density at radius 3 is 2.86 bits per heavy atom. The van der Waals surface area contributed by atoms with E-state index in [1.54, 1.807) is 24.3 Å². The fourth-order valence-electron chi connectivity index (χ4n) is 5.03. The van der Waals surface area contributed by atoms with E-state index in [-0.39, 0.29) is 25.0 Å². The maximum Gasteiger partial charge on any atom is 0.469 e. The molecule has 5 N–H and O–H groups in total. The van der Waals surface area contributed by atoms with Crippen LogP contribution in [0.3, 0.4) is 0 Å². The van der Waals surface area contributed by atoms with Gasteiger partial charge in [0.2, 0.25) is 5.91 Å². The zero-order valence-corrected chi connectivity index (χ0v) is 24.8. The average Bonchev–Trinajstić information content (AvgIpc) is 3.62. The monoisotopic (exact) mass is 629 g/mol. The lowest BCUT2D eigenvalue weighted by Gasteiger charge is -2.24. The van der Waals surface area contributed by atoms with Gasteiger partial charge in [0, 0.05) is 41.5 Å². The summed E-state index contributed by atoms with van der Waals surface area (Å²) in [5.41, 5.74) is 1.52. The molecular weight excluding hydrogens is 596 g/mol. The van der Waals surface area contributed by atoms with Crippen LogP contribution in [0.15, 0.2) is 48.8 Å². The number of likely N-dealkylation sites (tertiary alicyclic amines) is 1. The molecule has 1 amide bonds. The Bertz CT molecular complexity index is 1650. The fourth-order valence-corrected chi connectivity index (χ4v) is 5.40. The highest BCUT2D eigenvalue weighted by Crippen LogP contribution is 2.37. The van der Waals surface area contributed by atoms with E-state index in [4.69, 9.17) is 23.8 Å². The number of carbonyl (C=O) groups excluding carboxylic acids is 1. The second-order valence-corrected chi connectivity index (χ2v) is 11.4. The van der Waals surface area contributed by atoms with Crippen LogP contribution in [0.5, 0.6) is 11.5 Å². The van der Waals surface area contributed by atoms with Gasteiger partial charge in [-0.1, -0.05) is 6.07 Å². The zero-order valence-electron chi connectivity index (χ0n) is 23.9. The van der Waals surface area contributed by atoms with Crippen molar-refractivity contribution in [1.29, 1.82) is 0 Å². The van der Waals surface area contributed by atoms with Crippen molar-refractivity contribution in [3.05, 3.63) is 60.3 Å². The van der Waals surface area contributed by atoms with E-state index in [1.165, 1.54) is 31.6 Å². The summed E-state index contributed by atoms with van der Waals surface area (Å²) in [5, 5.41) is 13.5. The van der Waals surface area contributed by atoms with Crippen molar-refractivity contribution in [3.63, 3.8) is 0 Å². The van der Waals surface area contributed by atoms with Gasteiger partial charge in [0.25, 0.3) is 0 Å². The summed E-state index contributed by atoms with van der Waals surface area (Å²) in [6.45, 7) is 1.91. The van der Waals surface area contributed by atoms with Crippen molar-refractivity contribution in [1.82, 2.24) is 25.1 Å². The Morgan fingerprint density at radius 2 is 2.07 bits per heavy atom. The van der Waals surface area contributed by atoms with Gasteiger partial charge in [-0.3, -0.25) is 19.3 Å².